The smallest absolute Gasteiger partial charge is 0.410 e. The van der Waals surface area contributed by atoms with Crippen molar-refractivity contribution in [2.75, 3.05) is 4.90 Å². The van der Waals surface area contributed by atoms with Crippen LogP contribution in [0.5, 0.6) is 5.75 Å². The van der Waals surface area contributed by atoms with Gasteiger partial charge < -0.3 is 4.74 Å². The molecule has 0 saturated heterocycles. The van der Waals surface area contributed by atoms with E-state index in [0.717, 1.165) is 0 Å². The van der Waals surface area contributed by atoms with Crippen LogP contribution in [-0.2, 0) is 0 Å². The van der Waals surface area contributed by atoms with Gasteiger partial charge in [-0.05, 0) is 60.2 Å². The van der Waals surface area contributed by atoms with E-state index in [4.69, 9.17) is 4.74 Å². The van der Waals surface area contributed by atoms with E-state index in [-0.39, 0.29) is 17.2 Å². The van der Waals surface area contributed by atoms with Crippen LogP contribution in [0.2, 0.25) is 0 Å². The van der Waals surface area contributed by atoms with Gasteiger partial charge in [-0.1, -0.05) is 54.6 Å². The lowest BCUT2D eigenvalue weighted by molar-refractivity contribution is -0.384. The summed E-state index contributed by atoms with van der Waals surface area (Å²) >= 11 is 0. The van der Waals surface area contributed by atoms with Crippen molar-refractivity contribution in [3.05, 3.63) is 137 Å². The van der Waals surface area contributed by atoms with Crippen molar-refractivity contribution in [3.8, 4) is 5.75 Å². The molecule has 0 aliphatic heterocycles. The average Bonchev–Trinajstić information content (AvgIpc) is 2.89. The van der Waals surface area contributed by atoms with Gasteiger partial charge in [-0.15, -0.1) is 0 Å². The number of benzene rings is 4. The minimum absolute atomic E-state index is 0.0502. The van der Waals surface area contributed by atoms with Gasteiger partial charge in [-0.3, -0.25) is 14.9 Å². The normalized spacial score (nSPS) is 10.6. The number of nitro benzene ring substituents is 1. The summed E-state index contributed by atoms with van der Waals surface area (Å²) in [5.74, 6) is -0.00402. The molecule has 0 heterocycles. The first-order valence-electron chi connectivity index (χ1n) is 10.7. The molecule has 4 aromatic carbocycles. The maximum atomic E-state index is 13.0. The highest BCUT2D eigenvalue weighted by Crippen LogP contribution is 2.27. The molecular weight excluding hydrogens is 444 g/mol. The van der Waals surface area contributed by atoms with Crippen molar-refractivity contribution in [2.45, 2.75) is 0 Å². The highest BCUT2D eigenvalue weighted by atomic mass is 16.6. The van der Waals surface area contributed by atoms with E-state index >= 15 is 0 Å². The van der Waals surface area contributed by atoms with E-state index in [0.29, 0.717) is 22.5 Å². The molecule has 0 saturated carbocycles. The molecule has 35 heavy (non-hydrogen) atoms. The predicted molar refractivity (Wildman–Crippen MR) is 134 cm³/mol. The third-order valence-corrected chi connectivity index (χ3v) is 5.06. The first-order chi connectivity index (χ1) is 17.0. The van der Waals surface area contributed by atoms with Crippen molar-refractivity contribution in [1.82, 2.24) is 0 Å². The van der Waals surface area contributed by atoms with Crippen LogP contribution in [-0.4, -0.2) is 16.8 Å². The van der Waals surface area contributed by atoms with Crippen molar-refractivity contribution >= 4 is 35.0 Å². The van der Waals surface area contributed by atoms with Crippen LogP contribution in [0.15, 0.2) is 115 Å². The molecule has 172 valence electrons. The molecule has 1 amide bonds. The fourth-order valence-electron chi connectivity index (χ4n) is 3.36. The van der Waals surface area contributed by atoms with Crippen molar-refractivity contribution < 1.29 is 19.2 Å². The van der Waals surface area contributed by atoms with Gasteiger partial charge >= 0.3 is 6.09 Å². The number of nitrogens with zero attached hydrogens (tertiary/aromatic N) is 2. The molecular formula is C28H20N2O5. The Hall–Kier alpha value is -5.04. The van der Waals surface area contributed by atoms with Crippen LogP contribution < -0.4 is 9.64 Å². The number of allylic oxidation sites excluding steroid dienone is 1. The quantitative estimate of drug-likeness (QED) is 0.129. The molecule has 0 aliphatic rings. The lowest BCUT2D eigenvalue weighted by Gasteiger charge is -2.22. The van der Waals surface area contributed by atoms with E-state index in [1.807, 2.05) is 60.7 Å². The summed E-state index contributed by atoms with van der Waals surface area (Å²) < 4.78 is 5.58. The Morgan fingerprint density at radius 3 is 1.94 bits per heavy atom. The molecule has 0 aromatic heterocycles. The van der Waals surface area contributed by atoms with Gasteiger partial charge in [0.15, 0.2) is 5.78 Å². The SMILES string of the molecule is O=C(/C=C/c1cccc([N+](=O)[O-])c1)c1ccc(OC(=O)N(c2ccccc2)c2ccccc2)cc1. The van der Waals surface area contributed by atoms with Crippen LogP contribution in [0.25, 0.3) is 6.08 Å². The first-order valence-corrected chi connectivity index (χ1v) is 10.7. The maximum absolute atomic E-state index is 13.0. The van der Waals surface area contributed by atoms with Crippen LogP contribution >= 0.6 is 0 Å². The van der Waals surface area contributed by atoms with Crippen LogP contribution in [0.4, 0.5) is 21.9 Å². The number of para-hydroxylation sites is 2. The summed E-state index contributed by atoms with van der Waals surface area (Å²) in [6, 6.07) is 30.5. The molecule has 0 unspecified atom stereocenters. The highest BCUT2D eigenvalue weighted by molar-refractivity contribution is 6.07. The molecule has 4 rings (SSSR count). The summed E-state index contributed by atoms with van der Waals surface area (Å²) in [6.45, 7) is 0. The lowest BCUT2D eigenvalue weighted by atomic mass is 10.1. The highest BCUT2D eigenvalue weighted by Gasteiger charge is 2.20. The Bertz CT molecular complexity index is 1330. The zero-order valence-corrected chi connectivity index (χ0v) is 18.5. The van der Waals surface area contributed by atoms with E-state index in [1.54, 1.807) is 36.4 Å². The number of non-ortho nitro benzene ring substituents is 1. The number of ketones is 1. The Kier molecular flexibility index (Phi) is 7.08. The van der Waals surface area contributed by atoms with Crippen LogP contribution in [0, 0.1) is 10.1 Å². The summed E-state index contributed by atoms with van der Waals surface area (Å²) in [5.41, 5.74) is 2.18. The third-order valence-electron chi connectivity index (χ3n) is 5.06. The first kappa shape index (κ1) is 23.1. The van der Waals surface area contributed by atoms with Crippen molar-refractivity contribution in [1.29, 1.82) is 0 Å². The standard InChI is InChI=1S/C28H20N2O5/c31-27(19-14-21-8-7-13-25(20-21)30(33)34)22-15-17-26(18-16-22)35-28(32)29(23-9-3-1-4-10-23)24-11-5-2-6-12-24/h1-20H/b19-14+. The number of rotatable bonds is 7. The van der Waals surface area contributed by atoms with Gasteiger partial charge in [0.2, 0.25) is 0 Å². The van der Waals surface area contributed by atoms with E-state index in [2.05, 4.69) is 0 Å². The molecule has 0 spiro atoms. The second kappa shape index (κ2) is 10.7. The summed E-state index contributed by atoms with van der Waals surface area (Å²) in [6.07, 6.45) is 2.26. The zero-order valence-electron chi connectivity index (χ0n) is 18.5. The molecule has 7 heteroatoms. The second-order valence-corrected chi connectivity index (χ2v) is 7.45. The van der Waals surface area contributed by atoms with Crippen LogP contribution in [0.1, 0.15) is 15.9 Å². The summed E-state index contributed by atoms with van der Waals surface area (Å²) in [4.78, 5) is 37.4. The van der Waals surface area contributed by atoms with Gasteiger partial charge in [-0.25, -0.2) is 9.69 Å². The fraction of sp³-hybridized carbons (Fsp3) is 0. The Labute approximate surface area is 201 Å². The molecule has 7 nitrogen and oxygen atoms in total. The maximum Gasteiger partial charge on any atom is 0.424 e. The monoisotopic (exact) mass is 464 g/mol. The van der Waals surface area contributed by atoms with Gasteiger partial charge in [0.05, 0.1) is 16.3 Å². The average molecular weight is 464 g/mol. The zero-order chi connectivity index (χ0) is 24.6. The second-order valence-electron chi connectivity index (χ2n) is 7.45. The molecule has 0 bridgehead atoms. The fourth-order valence-corrected chi connectivity index (χ4v) is 3.36. The number of anilines is 2. The summed E-state index contributed by atoms with van der Waals surface area (Å²) in [7, 11) is 0. The number of amides is 1. The van der Waals surface area contributed by atoms with Gasteiger partial charge in [0.1, 0.15) is 5.75 Å². The lowest BCUT2D eigenvalue weighted by Crippen LogP contribution is -2.29. The molecule has 0 aliphatic carbocycles. The van der Waals surface area contributed by atoms with Crippen LogP contribution in [0.3, 0.4) is 0 Å². The number of hydrogen-bond donors (Lipinski definition) is 0. The minimum Gasteiger partial charge on any atom is -0.410 e. The molecule has 4 aromatic rings. The topological polar surface area (TPSA) is 89.7 Å². The number of hydrogen-bond acceptors (Lipinski definition) is 5. The number of ether oxygens (including phenoxy) is 1. The molecule has 0 atom stereocenters. The van der Waals surface area contributed by atoms with Crippen molar-refractivity contribution in [3.63, 3.8) is 0 Å². The molecule has 0 N–H and O–H groups in total. The number of nitro groups is 1. The Balaban J connectivity index is 1.47. The van der Waals surface area contributed by atoms with Crippen molar-refractivity contribution in [2.24, 2.45) is 0 Å². The Morgan fingerprint density at radius 2 is 1.37 bits per heavy atom. The third kappa shape index (κ3) is 5.85. The number of carbonyl (C=O) groups excluding carboxylic acids is 2. The summed E-state index contributed by atoms with van der Waals surface area (Å²) in [5, 5.41) is 10.9. The van der Waals surface area contributed by atoms with E-state index in [9.17, 15) is 19.7 Å². The van der Waals surface area contributed by atoms with E-state index < -0.39 is 11.0 Å². The van der Waals surface area contributed by atoms with Gasteiger partial charge in [0.25, 0.3) is 5.69 Å². The molecule has 0 radical (unpaired) electrons. The Morgan fingerprint density at radius 1 is 0.771 bits per heavy atom. The minimum atomic E-state index is -0.591. The molecule has 0 fully saturated rings. The van der Waals surface area contributed by atoms with E-state index in [1.165, 1.54) is 29.2 Å². The largest absolute Gasteiger partial charge is 0.424 e. The van der Waals surface area contributed by atoms with Gasteiger partial charge in [-0.2, -0.15) is 0 Å². The number of carbonyl (C=O) groups is 2. The predicted octanol–water partition coefficient (Wildman–Crippen LogP) is 6.83. The van der Waals surface area contributed by atoms with Gasteiger partial charge in [0, 0.05) is 17.7 Å².